The van der Waals surface area contributed by atoms with Gasteiger partial charge in [0.2, 0.25) is 0 Å². The summed E-state index contributed by atoms with van der Waals surface area (Å²) in [5.41, 5.74) is 1.09. The molecule has 0 unspecified atom stereocenters. The van der Waals surface area contributed by atoms with Gasteiger partial charge in [-0.3, -0.25) is 4.98 Å². The zero-order valence-electron chi connectivity index (χ0n) is 8.07. The van der Waals surface area contributed by atoms with Gasteiger partial charge in [0.25, 0.3) is 0 Å². The molecule has 0 amide bonds. The quantitative estimate of drug-likeness (QED) is 0.375. The average Bonchev–Trinajstić information content (AvgIpc) is 2.56. The monoisotopic (exact) mass is 205 g/mol. The van der Waals surface area contributed by atoms with Gasteiger partial charge in [0.05, 0.1) is 0 Å². The standard InChI is InChI=1S/C12H8N.K/c1-2-5-10-9(4-1)8-12-11(10)6-3-7-13-12;/h1-8H;/q-1;+1. The van der Waals surface area contributed by atoms with Crippen LogP contribution in [-0.4, -0.2) is 4.98 Å². The first-order valence-corrected chi connectivity index (χ1v) is 4.34. The van der Waals surface area contributed by atoms with Crippen molar-refractivity contribution in [3.63, 3.8) is 0 Å². The third-order valence-electron chi connectivity index (χ3n) is 2.38. The molecule has 2 heteroatoms. The molecule has 0 bridgehead atoms. The number of hydrogen-bond donors (Lipinski definition) is 0. The maximum Gasteiger partial charge on any atom is 1.00 e. The molecule has 3 aromatic rings. The van der Waals surface area contributed by atoms with Crippen LogP contribution in [0.4, 0.5) is 0 Å². The second kappa shape index (κ2) is 4.17. The molecule has 0 fully saturated rings. The predicted octanol–water partition coefficient (Wildman–Crippen LogP) is 0.111. The Labute approximate surface area is 125 Å². The molecular formula is C12H8KN. The summed E-state index contributed by atoms with van der Waals surface area (Å²) in [6.45, 7) is 0. The Hall–Kier alpha value is -0.124. The van der Waals surface area contributed by atoms with Gasteiger partial charge in [0, 0.05) is 6.20 Å². The van der Waals surface area contributed by atoms with Crippen molar-refractivity contribution in [1.82, 2.24) is 4.98 Å². The van der Waals surface area contributed by atoms with Crippen LogP contribution in [-0.2, 0) is 0 Å². The second-order valence-corrected chi connectivity index (χ2v) is 3.17. The Bertz CT molecular complexity index is 518. The summed E-state index contributed by atoms with van der Waals surface area (Å²) in [7, 11) is 0. The van der Waals surface area contributed by atoms with Crippen molar-refractivity contribution >= 4 is 21.7 Å². The number of rotatable bonds is 0. The number of nitrogens with zero attached hydrogens (tertiary/aromatic N) is 1. The normalized spacial score (nSPS) is 10.3. The van der Waals surface area contributed by atoms with Gasteiger partial charge in [-0.2, -0.15) is 0 Å². The topological polar surface area (TPSA) is 12.9 Å². The Balaban J connectivity index is 0.000000750. The molecule has 2 aromatic carbocycles. The molecule has 0 radical (unpaired) electrons. The van der Waals surface area contributed by atoms with Crippen molar-refractivity contribution in [2.45, 2.75) is 0 Å². The van der Waals surface area contributed by atoms with E-state index in [9.17, 15) is 0 Å². The largest absolute Gasteiger partial charge is 1.00 e. The Kier molecular flexibility index (Phi) is 3.09. The molecule has 0 aliphatic carbocycles. The number of aromatic nitrogens is 1. The molecule has 14 heavy (non-hydrogen) atoms. The molecule has 0 spiro atoms. The molecule has 0 aliphatic rings. The summed E-state index contributed by atoms with van der Waals surface area (Å²) < 4.78 is 0. The van der Waals surface area contributed by atoms with Crippen molar-refractivity contribution in [3.8, 4) is 0 Å². The number of pyridine rings is 1. The molecule has 0 saturated carbocycles. The molecule has 0 saturated heterocycles. The van der Waals surface area contributed by atoms with Crippen LogP contribution in [0.3, 0.4) is 0 Å². The third kappa shape index (κ3) is 1.57. The van der Waals surface area contributed by atoms with Crippen LogP contribution in [0, 0.1) is 0 Å². The predicted molar refractivity (Wildman–Crippen MR) is 54.8 cm³/mol. The number of fused-ring (bicyclic) bond motifs is 3. The molecule has 3 rings (SSSR count). The van der Waals surface area contributed by atoms with E-state index in [0.717, 1.165) is 5.52 Å². The van der Waals surface area contributed by atoms with Crippen LogP contribution < -0.4 is 51.4 Å². The van der Waals surface area contributed by atoms with Crippen molar-refractivity contribution in [3.05, 3.63) is 48.7 Å². The van der Waals surface area contributed by atoms with Gasteiger partial charge < -0.3 is 0 Å². The fraction of sp³-hybridized carbons (Fsp3) is 0. The van der Waals surface area contributed by atoms with Crippen molar-refractivity contribution in [1.29, 1.82) is 0 Å². The fourth-order valence-corrected chi connectivity index (χ4v) is 1.78. The summed E-state index contributed by atoms with van der Waals surface area (Å²) in [6, 6.07) is 14.6. The SMILES string of the molecule is [K+].c1ccc2c(c1)[cH-]c1ncccc12. The van der Waals surface area contributed by atoms with Crippen molar-refractivity contribution in [2.24, 2.45) is 0 Å². The number of benzene rings is 1. The molecule has 1 aromatic heterocycles. The smallest absolute Gasteiger partial charge is 0.277 e. The summed E-state index contributed by atoms with van der Waals surface area (Å²) in [5, 5.41) is 3.82. The van der Waals surface area contributed by atoms with E-state index in [4.69, 9.17) is 0 Å². The van der Waals surface area contributed by atoms with Crippen LogP contribution in [0.5, 0.6) is 0 Å². The number of hydrogen-bond acceptors (Lipinski definition) is 1. The van der Waals surface area contributed by atoms with Crippen LogP contribution in [0.25, 0.3) is 21.7 Å². The first kappa shape index (κ1) is 10.4. The maximum atomic E-state index is 4.32. The minimum Gasteiger partial charge on any atom is -0.277 e. The first-order valence-electron chi connectivity index (χ1n) is 4.34. The molecule has 1 heterocycles. The zero-order chi connectivity index (χ0) is 8.67. The summed E-state index contributed by atoms with van der Waals surface area (Å²) in [5.74, 6) is 0. The summed E-state index contributed by atoms with van der Waals surface area (Å²) in [6.07, 6.45) is 1.83. The van der Waals surface area contributed by atoms with Crippen LogP contribution in [0.2, 0.25) is 0 Å². The van der Waals surface area contributed by atoms with Crippen LogP contribution in [0.15, 0.2) is 48.7 Å². The minimum absolute atomic E-state index is 0. The van der Waals surface area contributed by atoms with Gasteiger partial charge >= 0.3 is 51.4 Å². The Morgan fingerprint density at radius 1 is 0.929 bits per heavy atom. The molecule has 0 N–H and O–H groups in total. The molecule has 0 aliphatic heterocycles. The van der Waals surface area contributed by atoms with Gasteiger partial charge in [-0.15, -0.1) is 46.5 Å². The average molecular weight is 205 g/mol. The fourth-order valence-electron chi connectivity index (χ4n) is 1.78. The van der Waals surface area contributed by atoms with Gasteiger partial charge in [-0.05, 0) is 5.52 Å². The van der Waals surface area contributed by atoms with Crippen LogP contribution in [0.1, 0.15) is 0 Å². The van der Waals surface area contributed by atoms with Crippen molar-refractivity contribution in [2.75, 3.05) is 0 Å². The van der Waals surface area contributed by atoms with E-state index in [1.807, 2.05) is 12.3 Å². The Morgan fingerprint density at radius 2 is 1.71 bits per heavy atom. The molecule has 1 nitrogen and oxygen atoms in total. The Morgan fingerprint density at radius 3 is 2.64 bits per heavy atom. The van der Waals surface area contributed by atoms with E-state index in [2.05, 4.69) is 41.4 Å². The van der Waals surface area contributed by atoms with Gasteiger partial charge in [-0.25, -0.2) is 0 Å². The minimum atomic E-state index is 0. The van der Waals surface area contributed by atoms with E-state index < -0.39 is 0 Å². The van der Waals surface area contributed by atoms with E-state index in [-0.39, 0.29) is 51.4 Å². The van der Waals surface area contributed by atoms with E-state index in [1.165, 1.54) is 16.2 Å². The second-order valence-electron chi connectivity index (χ2n) is 3.17. The third-order valence-corrected chi connectivity index (χ3v) is 2.38. The van der Waals surface area contributed by atoms with E-state index in [1.54, 1.807) is 0 Å². The molecular weight excluding hydrogens is 197 g/mol. The maximum absolute atomic E-state index is 4.32. The summed E-state index contributed by atoms with van der Waals surface area (Å²) in [4.78, 5) is 4.32. The van der Waals surface area contributed by atoms with Gasteiger partial charge in [0.1, 0.15) is 0 Å². The van der Waals surface area contributed by atoms with Crippen LogP contribution >= 0.6 is 0 Å². The van der Waals surface area contributed by atoms with Gasteiger partial charge in [-0.1, -0.05) is 12.1 Å². The first-order chi connectivity index (χ1) is 6.45. The van der Waals surface area contributed by atoms with Crippen molar-refractivity contribution < 1.29 is 51.4 Å². The van der Waals surface area contributed by atoms with Gasteiger partial charge in [0.15, 0.2) is 0 Å². The summed E-state index contributed by atoms with van der Waals surface area (Å²) >= 11 is 0. The van der Waals surface area contributed by atoms with E-state index in [0.29, 0.717) is 0 Å². The molecule has 0 atom stereocenters. The van der Waals surface area contributed by atoms with E-state index >= 15 is 0 Å². The zero-order valence-corrected chi connectivity index (χ0v) is 11.2. The molecule has 62 valence electrons.